The maximum Gasteiger partial charge on any atom is 0.335 e. The lowest BCUT2D eigenvalue weighted by Crippen LogP contribution is -2.54. The highest BCUT2D eigenvalue weighted by Crippen LogP contribution is 2.35. The summed E-state index contributed by atoms with van der Waals surface area (Å²) >= 11 is 8.05. The number of carbonyl (C=O) groups excluding carboxylic acids is 3. The van der Waals surface area contributed by atoms with Gasteiger partial charge in [0.1, 0.15) is 12.2 Å². The molecule has 7 nitrogen and oxygen atoms in total. The van der Waals surface area contributed by atoms with E-state index in [0.29, 0.717) is 34.4 Å². The van der Waals surface area contributed by atoms with Gasteiger partial charge in [0.05, 0.1) is 16.4 Å². The number of carbonyl (C=O) groups is 3. The lowest BCUT2D eigenvalue weighted by atomic mass is 10.1. The van der Waals surface area contributed by atoms with Crippen molar-refractivity contribution in [1.82, 2.24) is 5.32 Å². The number of methoxy groups -OCH3 is 1. The molecule has 36 heavy (non-hydrogen) atoms. The molecule has 0 spiro atoms. The molecule has 1 fully saturated rings. The number of ether oxygens (including phenoxy) is 2. The maximum atomic E-state index is 13.2. The van der Waals surface area contributed by atoms with Crippen LogP contribution in [-0.2, 0) is 22.6 Å². The summed E-state index contributed by atoms with van der Waals surface area (Å²) in [6.45, 7) is 2.32. The number of amides is 4. The number of hydrogen-bond donors (Lipinski definition) is 1. The van der Waals surface area contributed by atoms with Crippen molar-refractivity contribution >= 4 is 63.8 Å². The van der Waals surface area contributed by atoms with E-state index in [-0.39, 0.29) is 5.57 Å². The summed E-state index contributed by atoms with van der Waals surface area (Å²) in [5.74, 6) is -0.495. The van der Waals surface area contributed by atoms with Crippen LogP contribution in [0.15, 0.2) is 66.2 Å². The molecule has 3 aromatic carbocycles. The van der Waals surface area contributed by atoms with Gasteiger partial charge in [-0.3, -0.25) is 14.9 Å². The van der Waals surface area contributed by atoms with Gasteiger partial charge < -0.3 is 9.47 Å². The second-order valence-electron chi connectivity index (χ2n) is 7.93. The SMILES string of the molecule is CCc1ccc(N2C(=O)NC(=O)/C(=C\c3cc(I)c(OCc4ccc(Cl)cc4)c(OC)c3)C2=O)cc1. The first-order chi connectivity index (χ1) is 17.3. The molecule has 9 heteroatoms. The molecule has 0 aliphatic carbocycles. The summed E-state index contributed by atoms with van der Waals surface area (Å²) in [6, 6.07) is 17.0. The van der Waals surface area contributed by atoms with E-state index in [4.69, 9.17) is 21.1 Å². The second-order valence-corrected chi connectivity index (χ2v) is 9.53. The minimum absolute atomic E-state index is 0.165. The van der Waals surface area contributed by atoms with Crippen molar-refractivity contribution in [3.8, 4) is 11.5 Å². The highest BCUT2D eigenvalue weighted by Gasteiger charge is 2.36. The van der Waals surface area contributed by atoms with Gasteiger partial charge >= 0.3 is 6.03 Å². The average molecular weight is 617 g/mol. The van der Waals surface area contributed by atoms with Gasteiger partial charge in [0.25, 0.3) is 11.8 Å². The third kappa shape index (κ3) is 5.55. The van der Waals surface area contributed by atoms with Crippen molar-refractivity contribution in [2.24, 2.45) is 0 Å². The van der Waals surface area contributed by atoms with Crippen molar-refractivity contribution in [2.45, 2.75) is 20.0 Å². The molecule has 1 heterocycles. The van der Waals surface area contributed by atoms with Crippen LogP contribution >= 0.6 is 34.2 Å². The van der Waals surface area contributed by atoms with Crippen molar-refractivity contribution in [1.29, 1.82) is 0 Å². The summed E-state index contributed by atoms with van der Waals surface area (Å²) in [5, 5.41) is 2.89. The van der Waals surface area contributed by atoms with Gasteiger partial charge in [-0.2, -0.15) is 0 Å². The topological polar surface area (TPSA) is 84.9 Å². The fourth-order valence-corrected chi connectivity index (χ4v) is 4.55. The molecule has 1 N–H and O–H groups in total. The van der Waals surface area contributed by atoms with E-state index >= 15 is 0 Å². The predicted octanol–water partition coefficient (Wildman–Crippen LogP) is 5.76. The first-order valence-electron chi connectivity index (χ1n) is 11.1. The zero-order chi connectivity index (χ0) is 25.8. The van der Waals surface area contributed by atoms with E-state index in [1.54, 1.807) is 36.4 Å². The van der Waals surface area contributed by atoms with Gasteiger partial charge in [0, 0.05) is 5.02 Å². The van der Waals surface area contributed by atoms with E-state index in [2.05, 4.69) is 27.9 Å². The number of nitrogens with one attached hydrogen (secondary N) is 1. The van der Waals surface area contributed by atoms with Gasteiger partial charge in [0.2, 0.25) is 0 Å². The molecular formula is C27H22ClIN2O5. The summed E-state index contributed by atoms with van der Waals surface area (Å²) < 4.78 is 12.2. The van der Waals surface area contributed by atoms with Crippen LogP contribution in [-0.4, -0.2) is 25.0 Å². The predicted molar refractivity (Wildman–Crippen MR) is 146 cm³/mol. The number of benzene rings is 3. The van der Waals surface area contributed by atoms with E-state index in [0.717, 1.165) is 26.0 Å². The molecule has 4 amide bonds. The fraction of sp³-hybridized carbons (Fsp3) is 0.148. The molecule has 0 aromatic heterocycles. The zero-order valence-electron chi connectivity index (χ0n) is 19.5. The van der Waals surface area contributed by atoms with Crippen LogP contribution in [0.25, 0.3) is 6.08 Å². The second kappa shape index (κ2) is 11.1. The molecule has 4 rings (SSSR count). The first kappa shape index (κ1) is 25.7. The van der Waals surface area contributed by atoms with E-state index in [1.807, 2.05) is 31.2 Å². The fourth-order valence-electron chi connectivity index (χ4n) is 3.64. The summed E-state index contributed by atoms with van der Waals surface area (Å²) in [6.07, 6.45) is 2.26. The third-order valence-corrected chi connectivity index (χ3v) is 6.62. The Morgan fingerprint density at radius 1 is 1.00 bits per heavy atom. The Bertz CT molecular complexity index is 1350. The molecule has 3 aromatic rings. The minimum Gasteiger partial charge on any atom is -0.493 e. The number of aryl methyl sites for hydroxylation is 1. The van der Waals surface area contributed by atoms with Gasteiger partial charge in [-0.15, -0.1) is 0 Å². The average Bonchev–Trinajstić information content (AvgIpc) is 2.87. The zero-order valence-corrected chi connectivity index (χ0v) is 22.4. The smallest absolute Gasteiger partial charge is 0.335 e. The molecule has 0 radical (unpaired) electrons. The minimum atomic E-state index is -0.787. The molecule has 0 saturated carbocycles. The standard InChI is InChI=1S/C27H22ClIN2O5/c1-3-16-6-10-20(11-7-16)31-26(33)21(25(32)30-27(31)34)12-18-13-22(29)24(23(14-18)35-2)36-15-17-4-8-19(28)9-5-17/h4-14H,3,15H2,1-2H3,(H,30,32,34)/b21-12+. The van der Waals surface area contributed by atoms with Crippen LogP contribution in [0.4, 0.5) is 10.5 Å². The van der Waals surface area contributed by atoms with Crippen molar-refractivity contribution in [3.63, 3.8) is 0 Å². The maximum absolute atomic E-state index is 13.2. The number of nitrogens with zero attached hydrogens (tertiary/aromatic N) is 1. The van der Waals surface area contributed by atoms with E-state index in [1.165, 1.54) is 13.2 Å². The first-order valence-corrected chi connectivity index (χ1v) is 12.5. The molecular weight excluding hydrogens is 595 g/mol. The Labute approximate surface area is 227 Å². The molecule has 184 valence electrons. The highest BCUT2D eigenvalue weighted by molar-refractivity contribution is 14.1. The van der Waals surface area contributed by atoms with Crippen LogP contribution in [0.2, 0.25) is 5.02 Å². The van der Waals surface area contributed by atoms with Crippen LogP contribution in [0.5, 0.6) is 11.5 Å². The van der Waals surface area contributed by atoms with Gasteiger partial charge in [-0.05, 0) is 88.2 Å². The summed E-state index contributed by atoms with van der Waals surface area (Å²) in [5.41, 5.74) is 2.76. The van der Waals surface area contributed by atoms with Crippen molar-refractivity contribution < 1.29 is 23.9 Å². The third-order valence-electron chi connectivity index (χ3n) is 5.56. The van der Waals surface area contributed by atoms with Gasteiger partial charge in [-0.1, -0.05) is 42.8 Å². The Morgan fingerprint density at radius 3 is 2.31 bits per heavy atom. The number of urea groups is 1. The lowest BCUT2D eigenvalue weighted by Gasteiger charge is -2.26. The summed E-state index contributed by atoms with van der Waals surface area (Å²) in [4.78, 5) is 39.2. The van der Waals surface area contributed by atoms with Crippen LogP contribution in [0.3, 0.4) is 0 Å². The molecule has 1 aliphatic rings. The number of halogens is 2. The molecule has 1 saturated heterocycles. The molecule has 0 bridgehead atoms. The number of hydrogen-bond acceptors (Lipinski definition) is 5. The monoisotopic (exact) mass is 616 g/mol. The lowest BCUT2D eigenvalue weighted by molar-refractivity contribution is -0.122. The Morgan fingerprint density at radius 2 is 1.67 bits per heavy atom. The molecule has 0 atom stereocenters. The van der Waals surface area contributed by atoms with Crippen LogP contribution in [0.1, 0.15) is 23.6 Å². The number of anilines is 1. The molecule has 1 aliphatic heterocycles. The normalized spacial score (nSPS) is 14.7. The van der Waals surface area contributed by atoms with Crippen LogP contribution < -0.4 is 19.7 Å². The van der Waals surface area contributed by atoms with Gasteiger partial charge in [0.15, 0.2) is 11.5 Å². The van der Waals surface area contributed by atoms with Crippen molar-refractivity contribution in [3.05, 3.63) is 91.5 Å². The quantitative estimate of drug-likeness (QED) is 0.207. The summed E-state index contributed by atoms with van der Waals surface area (Å²) in [7, 11) is 1.51. The Balaban J connectivity index is 1.62. The number of rotatable bonds is 7. The Hall–Kier alpha value is -3.37. The van der Waals surface area contributed by atoms with E-state index in [9.17, 15) is 14.4 Å². The Kier molecular flexibility index (Phi) is 7.95. The van der Waals surface area contributed by atoms with E-state index < -0.39 is 17.8 Å². The number of barbiturate groups is 1. The molecule has 0 unspecified atom stereocenters. The van der Waals surface area contributed by atoms with Crippen molar-refractivity contribution in [2.75, 3.05) is 12.0 Å². The highest BCUT2D eigenvalue weighted by atomic mass is 127. The van der Waals surface area contributed by atoms with Crippen LogP contribution in [0, 0.1) is 3.57 Å². The largest absolute Gasteiger partial charge is 0.493 e. The number of imide groups is 2. The van der Waals surface area contributed by atoms with Gasteiger partial charge in [-0.25, -0.2) is 9.69 Å².